The number of para-hydroxylation sites is 1. The zero-order valence-electron chi connectivity index (χ0n) is 24.5. The first kappa shape index (κ1) is 31.2. The lowest BCUT2D eigenvalue weighted by Gasteiger charge is -2.14. The third-order valence-electron chi connectivity index (χ3n) is 7.52. The molecule has 2 amide bonds. The number of aromatic nitrogens is 1. The number of alkyl halides is 1. The van der Waals surface area contributed by atoms with Gasteiger partial charge in [0.15, 0.2) is 0 Å². The van der Waals surface area contributed by atoms with E-state index in [4.69, 9.17) is 25.8 Å². The van der Waals surface area contributed by atoms with Gasteiger partial charge in [0, 0.05) is 41.8 Å². The van der Waals surface area contributed by atoms with E-state index in [0.717, 1.165) is 47.7 Å². The van der Waals surface area contributed by atoms with Crippen LogP contribution in [0.25, 0.3) is 10.9 Å². The Bertz CT molecular complexity index is 1780. The molecule has 1 aliphatic carbocycles. The third-order valence-corrected chi connectivity index (χ3v) is 9.05. The van der Waals surface area contributed by atoms with Gasteiger partial charge in [0.1, 0.15) is 29.1 Å². The molecular formula is C32H34ClN3O7S. The summed E-state index contributed by atoms with van der Waals surface area (Å²) in [4.78, 5) is 25.3. The summed E-state index contributed by atoms with van der Waals surface area (Å²) < 4.78 is 46.8. The number of benzene rings is 3. The zero-order chi connectivity index (χ0) is 31.3. The van der Waals surface area contributed by atoms with Crippen LogP contribution in [0, 0.1) is 0 Å². The van der Waals surface area contributed by atoms with Crippen molar-refractivity contribution < 1.29 is 32.2 Å². The van der Waals surface area contributed by atoms with E-state index in [1.165, 1.54) is 25.3 Å². The number of hydrogen-bond donors (Lipinski definition) is 2. The van der Waals surface area contributed by atoms with Crippen molar-refractivity contribution in [3.63, 3.8) is 0 Å². The molecule has 2 N–H and O–H groups in total. The van der Waals surface area contributed by atoms with Gasteiger partial charge in [-0.15, -0.1) is 11.6 Å². The highest BCUT2D eigenvalue weighted by Crippen LogP contribution is 2.31. The molecule has 1 aliphatic rings. The summed E-state index contributed by atoms with van der Waals surface area (Å²) in [5.41, 5.74) is 3.48. The van der Waals surface area contributed by atoms with Crippen molar-refractivity contribution in [3.05, 3.63) is 83.6 Å². The molecule has 0 bridgehead atoms. The van der Waals surface area contributed by atoms with Crippen LogP contribution in [-0.4, -0.2) is 50.7 Å². The van der Waals surface area contributed by atoms with Crippen LogP contribution in [0.5, 0.6) is 11.5 Å². The number of sulfonamides is 1. The topological polar surface area (TPSA) is 125 Å². The van der Waals surface area contributed by atoms with E-state index in [9.17, 15) is 18.0 Å². The fraction of sp³-hybridized carbons (Fsp3) is 0.312. The number of nitrogens with one attached hydrogen (secondary N) is 2. The van der Waals surface area contributed by atoms with E-state index in [2.05, 4.69) is 10.0 Å². The van der Waals surface area contributed by atoms with Crippen LogP contribution in [0.3, 0.4) is 0 Å². The lowest BCUT2D eigenvalue weighted by molar-refractivity contribution is 0.0980. The van der Waals surface area contributed by atoms with Crippen molar-refractivity contribution in [2.75, 3.05) is 24.9 Å². The second kappa shape index (κ2) is 13.6. The number of carbonyl (C=O) groups is 2. The van der Waals surface area contributed by atoms with Crippen LogP contribution in [0.15, 0.2) is 71.8 Å². The van der Waals surface area contributed by atoms with Crippen molar-refractivity contribution in [1.82, 2.24) is 9.29 Å². The van der Waals surface area contributed by atoms with Gasteiger partial charge in [-0.2, -0.15) is 0 Å². The van der Waals surface area contributed by atoms with Gasteiger partial charge in [-0.05, 0) is 79.3 Å². The standard InChI is InChI=1S/C32H34ClN3O7S/c1-36-20-23(26-19-24(13-14-27(26)36)34-32(38)43-25-7-3-4-8-25)17-21-11-12-22(18-29(21)41-2)31(37)35-44(39,40)30-10-6-5-9-28(30)42-16-15-33/h5-6,9-14,18-20,25H,3-4,7-8,15-17H2,1-2H3,(H,34,38)(H,35,37). The van der Waals surface area contributed by atoms with Gasteiger partial charge in [0.25, 0.3) is 15.9 Å². The van der Waals surface area contributed by atoms with Crippen LogP contribution in [0.1, 0.15) is 47.2 Å². The molecule has 0 spiro atoms. The number of halogens is 1. The minimum Gasteiger partial charge on any atom is -0.496 e. The molecule has 5 rings (SSSR count). The Hall–Kier alpha value is -4.22. The Morgan fingerprint density at radius 2 is 1.77 bits per heavy atom. The van der Waals surface area contributed by atoms with Gasteiger partial charge in [-0.1, -0.05) is 18.2 Å². The maximum atomic E-state index is 13.1. The molecule has 1 fully saturated rings. The van der Waals surface area contributed by atoms with Gasteiger partial charge < -0.3 is 18.8 Å². The molecule has 0 unspecified atom stereocenters. The van der Waals surface area contributed by atoms with Gasteiger partial charge in [-0.3, -0.25) is 10.1 Å². The van der Waals surface area contributed by atoms with Crippen molar-refractivity contribution in [2.24, 2.45) is 7.05 Å². The molecule has 3 aromatic carbocycles. The van der Waals surface area contributed by atoms with E-state index < -0.39 is 22.0 Å². The van der Waals surface area contributed by atoms with E-state index in [1.807, 2.05) is 36.0 Å². The van der Waals surface area contributed by atoms with Crippen LogP contribution < -0.4 is 19.5 Å². The molecule has 0 atom stereocenters. The van der Waals surface area contributed by atoms with Gasteiger partial charge in [0.2, 0.25) is 0 Å². The average Bonchev–Trinajstić information content (AvgIpc) is 3.63. The summed E-state index contributed by atoms with van der Waals surface area (Å²) in [6, 6.07) is 16.5. The fourth-order valence-electron chi connectivity index (χ4n) is 5.41. The quantitative estimate of drug-likeness (QED) is 0.193. The van der Waals surface area contributed by atoms with Crippen molar-refractivity contribution in [3.8, 4) is 11.5 Å². The van der Waals surface area contributed by atoms with Crippen LogP contribution in [0.4, 0.5) is 10.5 Å². The number of aryl methyl sites for hydroxylation is 1. The monoisotopic (exact) mass is 639 g/mol. The SMILES string of the molecule is COc1cc(C(=O)NS(=O)(=O)c2ccccc2OCCCl)ccc1Cc1cn(C)c2ccc(NC(=O)OC3CCCC3)cc12. The Labute approximate surface area is 261 Å². The lowest BCUT2D eigenvalue weighted by Crippen LogP contribution is -2.31. The summed E-state index contributed by atoms with van der Waals surface area (Å²) in [5.74, 6) is -0.112. The predicted octanol–water partition coefficient (Wildman–Crippen LogP) is 6.01. The van der Waals surface area contributed by atoms with Gasteiger partial charge in [-0.25, -0.2) is 17.9 Å². The Kier molecular flexibility index (Phi) is 9.65. The minimum absolute atomic E-state index is 0.0328. The Morgan fingerprint density at radius 3 is 2.52 bits per heavy atom. The smallest absolute Gasteiger partial charge is 0.411 e. The molecule has 0 aliphatic heterocycles. The second-order valence-electron chi connectivity index (χ2n) is 10.6. The lowest BCUT2D eigenvalue weighted by atomic mass is 10.0. The first-order valence-corrected chi connectivity index (χ1v) is 16.3. The van der Waals surface area contributed by atoms with Crippen molar-refractivity contribution >= 4 is 50.2 Å². The molecule has 12 heteroatoms. The molecule has 44 heavy (non-hydrogen) atoms. The van der Waals surface area contributed by atoms with Crippen LogP contribution in [0.2, 0.25) is 0 Å². The summed E-state index contributed by atoms with van der Waals surface area (Å²) in [5, 5.41) is 3.79. The highest BCUT2D eigenvalue weighted by Gasteiger charge is 2.24. The van der Waals surface area contributed by atoms with E-state index >= 15 is 0 Å². The van der Waals surface area contributed by atoms with Gasteiger partial charge >= 0.3 is 6.09 Å². The summed E-state index contributed by atoms with van der Waals surface area (Å²) >= 11 is 5.68. The van der Waals surface area contributed by atoms with E-state index in [1.54, 1.807) is 24.3 Å². The van der Waals surface area contributed by atoms with Crippen LogP contribution in [-0.2, 0) is 28.2 Å². The summed E-state index contributed by atoms with van der Waals surface area (Å²) in [6.45, 7) is 0.113. The highest BCUT2D eigenvalue weighted by atomic mass is 35.5. The third kappa shape index (κ3) is 7.11. The molecule has 4 aromatic rings. The van der Waals surface area contributed by atoms with E-state index in [-0.39, 0.29) is 34.8 Å². The number of anilines is 1. The summed E-state index contributed by atoms with van der Waals surface area (Å²) in [7, 11) is -0.808. The molecule has 232 valence electrons. The molecule has 1 aromatic heterocycles. The molecule has 10 nitrogen and oxygen atoms in total. The maximum Gasteiger partial charge on any atom is 0.411 e. The van der Waals surface area contributed by atoms with Crippen molar-refractivity contribution in [1.29, 1.82) is 0 Å². The number of fused-ring (bicyclic) bond motifs is 1. The number of methoxy groups -OCH3 is 1. The second-order valence-corrected chi connectivity index (χ2v) is 12.6. The molecule has 0 radical (unpaired) electrons. The molecule has 0 saturated heterocycles. The minimum atomic E-state index is -4.24. The Morgan fingerprint density at radius 1 is 1.00 bits per heavy atom. The number of hydrogen-bond acceptors (Lipinski definition) is 7. The van der Waals surface area contributed by atoms with Crippen molar-refractivity contribution in [2.45, 2.75) is 43.1 Å². The van der Waals surface area contributed by atoms with Gasteiger partial charge in [0.05, 0.1) is 13.0 Å². The zero-order valence-corrected chi connectivity index (χ0v) is 26.0. The Balaban J connectivity index is 1.34. The fourth-order valence-corrected chi connectivity index (χ4v) is 6.61. The summed E-state index contributed by atoms with van der Waals surface area (Å²) in [6.07, 6.45) is 5.91. The molecule has 1 heterocycles. The largest absolute Gasteiger partial charge is 0.496 e. The average molecular weight is 640 g/mol. The first-order valence-electron chi connectivity index (χ1n) is 14.3. The predicted molar refractivity (Wildman–Crippen MR) is 168 cm³/mol. The van der Waals surface area contributed by atoms with E-state index in [0.29, 0.717) is 17.9 Å². The molecule has 1 saturated carbocycles. The highest BCUT2D eigenvalue weighted by molar-refractivity contribution is 7.90. The first-order chi connectivity index (χ1) is 21.2. The normalized spacial score (nSPS) is 13.5. The number of ether oxygens (including phenoxy) is 3. The molecular weight excluding hydrogens is 606 g/mol. The maximum absolute atomic E-state index is 13.1. The number of rotatable bonds is 11. The van der Waals surface area contributed by atoms with Crippen LogP contribution >= 0.6 is 11.6 Å². The number of nitrogens with zero attached hydrogens (tertiary/aromatic N) is 1. The number of amides is 2. The number of carbonyl (C=O) groups excluding carboxylic acids is 2.